The van der Waals surface area contributed by atoms with Crippen LogP contribution in [0.2, 0.25) is 0 Å². The number of thioether (sulfide) groups is 1. The number of aliphatic hydroxyl groups excluding tert-OH is 1. The average Bonchev–Trinajstić information content (AvgIpc) is 2.26. The lowest BCUT2D eigenvalue weighted by molar-refractivity contribution is -0.385. The average molecular weight is 228 g/mol. The van der Waals surface area contributed by atoms with Crippen LogP contribution in [0, 0.1) is 16.0 Å². The number of hydrogen-bond donors (Lipinski definition) is 1. The van der Waals surface area contributed by atoms with Crippen LogP contribution in [0.5, 0.6) is 0 Å². The highest BCUT2D eigenvalue weighted by Crippen LogP contribution is 2.21. The fraction of sp³-hybridized carbons (Fsp3) is 0.444. The van der Waals surface area contributed by atoms with Crippen molar-refractivity contribution in [3.63, 3.8) is 0 Å². The van der Waals surface area contributed by atoms with E-state index in [1.54, 1.807) is 0 Å². The minimum Gasteiger partial charge on any atom is -0.396 e. The van der Waals surface area contributed by atoms with Crippen LogP contribution >= 0.6 is 11.8 Å². The highest BCUT2D eigenvalue weighted by molar-refractivity contribution is 7.99. The van der Waals surface area contributed by atoms with Crippen LogP contribution in [-0.2, 0) is 0 Å². The quantitative estimate of drug-likeness (QED) is 0.471. The van der Waals surface area contributed by atoms with E-state index in [2.05, 4.69) is 4.98 Å². The van der Waals surface area contributed by atoms with Gasteiger partial charge in [-0.15, -0.1) is 11.8 Å². The molecule has 1 aromatic rings. The summed E-state index contributed by atoms with van der Waals surface area (Å²) in [6, 6.07) is 2.80. The zero-order valence-corrected chi connectivity index (χ0v) is 9.11. The zero-order chi connectivity index (χ0) is 11.3. The summed E-state index contributed by atoms with van der Waals surface area (Å²) < 4.78 is 0. The molecular weight excluding hydrogens is 216 g/mol. The first-order valence-electron chi connectivity index (χ1n) is 4.47. The molecule has 1 heterocycles. The number of nitrogens with zero attached hydrogens (tertiary/aromatic N) is 2. The van der Waals surface area contributed by atoms with Crippen LogP contribution in [0.3, 0.4) is 0 Å². The first-order valence-corrected chi connectivity index (χ1v) is 5.46. The summed E-state index contributed by atoms with van der Waals surface area (Å²) >= 11 is 1.41. The monoisotopic (exact) mass is 228 g/mol. The van der Waals surface area contributed by atoms with Crippen molar-refractivity contribution in [2.45, 2.75) is 11.9 Å². The van der Waals surface area contributed by atoms with E-state index >= 15 is 0 Å². The summed E-state index contributed by atoms with van der Waals surface area (Å²) in [4.78, 5) is 14.0. The van der Waals surface area contributed by atoms with Gasteiger partial charge in [-0.25, -0.2) is 4.98 Å². The second kappa shape index (κ2) is 5.67. The lowest BCUT2D eigenvalue weighted by atomic mass is 10.2. The van der Waals surface area contributed by atoms with E-state index < -0.39 is 4.92 Å². The fourth-order valence-electron chi connectivity index (χ4n) is 0.872. The summed E-state index contributed by atoms with van der Waals surface area (Å²) in [6.45, 7) is 2.02. The molecule has 1 unspecified atom stereocenters. The predicted molar refractivity (Wildman–Crippen MR) is 57.9 cm³/mol. The first-order chi connectivity index (χ1) is 7.13. The second-order valence-corrected chi connectivity index (χ2v) is 4.25. The van der Waals surface area contributed by atoms with Crippen molar-refractivity contribution in [2.24, 2.45) is 5.92 Å². The Morgan fingerprint density at radius 1 is 1.73 bits per heavy atom. The molecule has 0 amide bonds. The Morgan fingerprint density at radius 3 is 3.07 bits per heavy atom. The van der Waals surface area contributed by atoms with Crippen molar-refractivity contribution in [1.82, 2.24) is 4.98 Å². The molecule has 0 saturated carbocycles. The van der Waals surface area contributed by atoms with Gasteiger partial charge in [0.15, 0.2) is 0 Å². The number of aromatic nitrogens is 1. The molecular formula is C9H12N2O3S. The molecule has 1 atom stereocenters. The number of nitro groups is 1. The van der Waals surface area contributed by atoms with Gasteiger partial charge in [0.1, 0.15) is 5.03 Å². The van der Waals surface area contributed by atoms with Crippen molar-refractivity contribution in [3.05, 3.63) is 28.4 Å². The predicted octanol–water partition coefficient (Wildman–Crippen LogP) is 1.71. The maximum absolute atomic E-state index is 10.5. The number of hydrogen-bond acceptors (Lipinski definition) is 5. The van der Waals surface area contributed by atoms with Crippen molar-refractivity contribution < 1.29 is 10.0 Å². The molecule has 0 aromatic carbocycles. The Balaban J connectivity index is 2.62. The van der Waals surface area contributed by atoms with Crippen LogP contribution in [-0.4, -0.2) is 27.4 Å². The molecule has 0 aliphatic heterocycles. The van der Waals surface area contributed by atoms with Gasteiger partial charge < -0.3 is 5.11 Å². The van der Waals surface area contributed by atoms with E-state index in [0.717, 1.165) is 0 Å². The zero-order valence-electron chi connectivity index (χ0n) is 8.29. The van der Waals surface area contributed by atoms with Gasteiger partial charge in [0, 0.05) is 30.7 Å². The van der Waals surface area contributed by atoms with Gasteiger partial charge in [0.25, 0.3) is 5.69 Å². The fourth-order valence-corrected chi connectivity index (χ4v) is 1.77. The van der Waals surface area contributed by atoms with E-state index in [4.69, 9.17) is 5.11 Å². The van der Waals surface area contributed by atoms with Gasteiger partial charge in [-0.2, -0.15) is 0 Å². The lowest BCUT2D eigenvalue weighted by Crippen LogP contribution is -2.03. The third kappa shape index (κ3) is 3.85. The maximum atomic E-state index is 10.5. The molecule has 1 rings (SSSR count). The summed E-state index contributed by atoms with van der Waals surface area (Å²) in [5.74, 6) is 0.862. The third-order valence-electron chi connectivity index (χ3n) is 1.76. The van der Waals surface area contributed by atoms with Crippen molar-refractivity contribution in [2.75, 3.05) is 12.4 Å². The Bertz CT molecular complexity index is 346. The molecule has 0 bridgehead atoms. The molecule has 0 aliphatic rings. The van der Waals surface area contributed by atoms with Crippen LogP contribution in [0.4, 0.5) is 5.69 Å². The van der Waals surface area contributed by atoms with Gasteiger partial charge in [-0.3, -0.25) is 10.1 Å². The standard InChI is InChI=1S/C9H12N2O3S/c1-7(5-12)6-15-9-4-8(11(13)14)2-3-10-9/h2-4,7,12H,5-6H2,1H3. The van der Waals surface area contributed by atoms with E-state index in [9.17, 15) is 10.1 Å². The Kier molecular flexibility index (Phi) is 4.51. The van der Waals surface area contributed by atoms with E-state index in [0.29, 0.717) is 10.8 Å². The third-order valence-corrected chi connectivity index (χ3v) is 3.01. The van der Waals surface area contributed by atoms with Gasteiger partial charge in [-0.1, -0.05) is 6.92 Å². The molecule has 1 aromatic heterocycles. The topological polar surface area (TPSA) is 76.3 Å². The molecule has 0 saturated heterocycles. The van der Waals surface area contributed by atoms with Gasteiger partial charge in [-0.05, 0) is 5.92 Å². The first kappa shape index (κ1) is 11.9. The van der Waals surface area contributed by atoms with E-state index in [-0.39, 0.29) is 18.2 Å². The number of rotatable bonds is 5. The Morgan fingerprint density at radius 2 is 2.47 bits per heavy atom. The normalized spacial score (nSPS) is 12.4. The molecule has 0 radical (unpaired) electrons. The van der Waals surface area contributed by atoms with Gasteiger partial charge in [0.05, 0.1) is 4.92 Å². The molecule has 0 aliphatic carbocycles. The van der Waals surface area contributed by atoms with Crippen LogP contribution in [0.25, 0.3) is 0 Å². The molecule has 6 heteroatoms. The summed E-state index contributed by atoms with van der Waals surface area (Å²) in [7, 11) is 0. The minimum atomic E-state index is -0.443. The molecule has 5 nitrogen and oxygen atoms in total. The van der Waals surface area contributed by atoms with Gasteiger partial charge in [0.2, 0.25) is 0 Å². The van der Waals surface area contributed by atoms with Crippen LogP contribution in [0.15, 0.2) is 23.4 Å². The van der Waals surface area contributed by atoms with E-state index in [1.807, 2.05) is 6.92 Å². The van der Waals surface area contributed by atoms with Crippen molar-refractivity contribution in [1.29, 1.82) is 0 Å². The molecule has 1 N–H and O–H groups in total. The van der Waals surface area contributed by atoms with Crippen LogP contribution < -0.4 is 0 Å². The molecule has 15 heavy (non-hydrogen) atoms. The smallest absolute Gasteiger partial charge is 0.273 e. The Labute approximate surface area is 91.7 Å². The number of pyridine rings is 1. The largest absolute Gasteiger partial charge is 0.396 e. The van der Waals surface area contributed by atoms with Crippen molar-refractivity contribution >= 4 is 17.4 Å². The lowest BCUT2D eigenvalue weighted by Gasteiger charge is -2.05. The Hall–Kier alpha value is -1.14. The van der Waals surface area contributed by atoms with Crippen LogP contribution in [0.1, 0.15) is 6.92 Å². The SMILES string of the molecule is CC(CO)CSc1cc([N+](=O)[O-])ccn1. The van der Waals surface area contributed by atoms with Gasteiger partial charge >= 0.3 is 0 Å². The molecule has 0 fully saturated rings. The summed E-state index contributed by atoms with van der Waals surface area (Å²) in [6.07, 6.45) is 1.42. The minimum absolute atomic E-state index is 0.0455. The maximum Gasteiger partial charge on any atom is 0.273 e. The molecule has 82 valence electrons. The van der Waals surface area contributed by atoms with E-state index in [1.165, 1.54) is 30.1 Å². The summed E-state index contributed by atoms with van der Waals surface area (Å²) in [5, 5.41) is 19.9. The highest BCUT2D eigenvalue weighted by atomic mass is 32.2. The summed E-state index contributed by atoms with van der Waals surface area (Å²) in [5.41, 5.74) is 0.0455. The number of aliphatic hydroxyl groups is 1. The second-order valence-electron chi connectivity index (χ2n) is 3.21. The van der Waals surface area contributed by atoms with Crippen molar-refractivity contribution in [3.8, 4) is 0 Å². The molecule has 0 spiro atoms. The highest BCUT2D eigenvalue weighted by Gasteiger charge is 2.08.